The summed E-state index contributed by atoms with van der Waals surface area (Å²) in [6.45, 7) is 9.58. The summed E-state index contributed by atoms with van der Waals surface area (Å²) in [5, 5.41) is 18.4. The second-order valence-electron chi connectivity index (χ2n) is 3.09. The van der Waals surface area contributed by atoms with Crippen molar-refractivity contribution in [2.24, 2.45) is 0 Å². The molecule has 0 aromatic rings. The van der Waals surface area contributed by atoms with Crippen LogP contribution in [0.15, 0.2) is 0 Å². The van der Waals surface area contributed by atoms with Gasteiger partial charge in [-0.1, -0.05) is 27.7 Å². The van der Waals surface area contributed by atoms with E-state index in [0.29, 0.717) is 13.0 Å². The van der Waals surface area contributed by atoms with Gasteiger partial charge in [-0.15, -0.1) is 0 Å². The van der Waals surface area contributed by atoms with Gasteiger partial charge < -0.3 is 15.1 Å². The van der Waals surface area contributed by atoms with E-state index in [4.69, 9.17) is 0 Å². The molecule has 0 aliphatic carbocycles. The fourth-order valence-corrected chi connectivity index (χ4v) is 1.33. The van der Waals surface area contributed by atoms with Crippen LogP contribution < -0.4 is 0 Å². The number of aliphatic hydroxyl groups excluding tert-OH is 2. The number of aliphatic hydroxyl groups is 2. The van der Waals surface area contributed by atoms with Gasteiger partial charge in [0.2, 0.25) is 0 Å². The maximum absolute atomic E-state index is 9.23. The summed E-state index contributed by atoms with van der Waals surface area (Å²) in [7, 11) is 1.96. The van der Waals surface area contributed by atoms with Crippen LogP contribution in [-0.4, -0.2) is 47.5 Å². The average Bonchev–Trinajstić information content (AvgIpc) is 2.34. The van der Waals surface area contributed by atoms with Gasteiger partial charge in [0.05, 0.1) is 12.2 Å². The fraction of sp³-hybridized carbons (Fsp3) is 1.00. The molecule has 0 radical (unpaired) electrons. The van der Waals surface area contributed by atoms with Crippen LogP contribution in [0.4, 0.5) is 0 Å². The zero-order valence-corrected chi connectivity index (χ0v) is 10.3. The highest BCUT2D eigenvalue weighted by atomic mass is 16.3. The van der Waals surface area contributed by atoms with Crippen molar-refractivity contribution in [2.75, 3.05) is 20.1 Å². The maximum Gasteiger partial charge on any atom is 0.0691 e. The third-order valence-electron chi connectivity index (χ3n) is 1.91. The molecule has 1 aliphatic rings. The highest BCUT2D eigenvalue weighted by molar-refractivity contribution is 4.72. The second kappa shape index (κ2) is 11.0. The second-order valence-corrected chi connectivity index (χ2v) is 3.09. The van der Waals surface area contributed by atoms with Crippen LogP contribution in [0, 0.1) is 0 Å². The van der Waals surface area contributed by atoms with Gasteiger partial charge in [0, 0.05) is 19.5 Å². The molecule has 1 heterocycles. The van der Waals surface area contributed by atoms with Crippen LogP contribution in [0.2, 0.25) is 0 Å². The molecule has 2 unspecified atom stereocenters. The molecule has 0 saturated carbocycles. The highest BCUT2D eigenvalue weighted by Crippen LogP contribution is 2.09. The minimum Gasteiger partial charge on any atom is -0.393 e. The molecule has 0 aromatic heterocycles. The first-order valence-corrected chi connectivity index (χ1v) is 5.73. The zero-order valence-electron chi connectivity index (χ0n) is 10.3. The maximum atomic E-state index is 9.23. The van der Waals surface area contributed by atoms with Gasteiger partial charge in [-0.25, -0.2) is 0 Å². The van der Waals surface area contributed by atoms with Crippen molar-refractivity contribution >= 4 is 0 Å². The summed E-state index contributed by atoms with van der Waals surface area (Å²) in [4.78, 5) is 2.04. The third-order valence-corrected chi connectivity index (χ3v) is 1.91. The van der Waals surface area contributed by atoms with Crippen LogP contribution >= 0.6 is 0 Å². The van der Waals surface area contributed by atoms with Gasteiger partial charge in [0.15, 0.2) is 0 Å². The average molecular weight is 205 g/mol. The highest BCUT2D eigenvalue weighted by Gasteiger charge is 2.18. The quantitative estimate of drug-likeness (QED) is 0.629. The lowest BCUT2D eigenvalue weighted by Gasteiger charge is -2.14. The van der Waals surface area contributed by atoms with E-state index in [9.17, 15) is 10.2 Å². The topological polar surface area (TPSA) is 43.7 Å². The molecule has 0 spiro atoms. The van der Waals surface area contributed by atoms with Crippen molar-refractivity contribution in [3.8, 4) is 0 Å². The Hall–Kier alpha value is -0.120. The first-order chi connectivity index (χ1) is 6.68. The van der Waals surface area contributed by atoms with E-state index in [1.54, 1.807) is 0 Å². The minimum absolute atomic E-state index is 0.306. The Morgan fingerprint density at radius 2 is 1.50 bits per heavy atom. The van der Waals surface area contributed by atoms with Crippen LogP contribution in [-0.2, 0) is 0 Å². The van der Waals surface area contributed by atoms with Crippen LogP contribution in [0.25, 0.3) is 0 Å². The predicted octanol–water partition coefficient (Wildman–Crippen LogP) is 1.49. The van der Waals surface area contributed by atoms with E-state index in [1.807, 2.05) is 39.6 Å². The van der Waals surface area contributed by atoms with Gasteiger partial charge in [-0.3, -0.25) is 0 Å². The van der Waals surface area contributed by atoms with E-state index >= 15 is 0 Å². The smallest absolute Gasteiger partial charge is 0.0691 e. The lowest BCUT2D eigenvalue weighted by Crippen LogP contribution is -2.26. The summed E-state index contributed by atoms with van der Waals surface area (Å²) < 4.78 is 0. The fourth-order valence-electron chi connectivity index (χ4n) is 1.33. The van der Waals surface area contributed by atoms with Crippen molar-refractivity contribution in [1.29, 1.82) is 0 Å². The molecule has 3 heteroatoms. The number of rotatable bonds is 0. The molecule has 1 rings (SSSR count). The van der Waals surface area contributed by atoms with Crippen molar-refractivity contribution < 1.29 is 10.2 Å². The SMILES string of the molecule is CC.CC.CN1CCC(O)CC(O)C1. The normalized spacial score (nSPS) is 27.6. The van der Waals surface area contributed by atoms with Gasteiger partial charge in [0.1, 0.15) is 0 Å². The molecule has 2 atom stereocenters. The Bertz CT molecular complexity index is 97.5. The molecule has 3 nitrogen and oxygen atoms in total. The Morgan fingerprint density at radius 1 is 1.00 bits per heavy atom. The summed E-state index contributed by atoms with van der Waals surface area (Å²) >= 11 is 0. The zero-order chi connectivity index (χ0) is 11.6. The molecule has 0 amide bonds. The Balaban J connectivity index is 0. The lowest BCUT2D eigenvalue weighted by atomic mass is 10.1. The van der Waals surface area contributed by atoms with Crippen molar-refractivity contribution in [3.05, 3.63) is 0 Å². The van der Waals surface area contributed by atoms with Gasteiger partial charge in [-0.2, -0.15) is 0 Å². The molecule has 1 aliphatic heterocycles. The van der Waals surface area contributed by atoms with Crippen LogP contribution in [0.3, 0.4) is 0 Å². The van der Waals surface area contributed by atoms with Gasteiger partial charge in [0.25, 0.3) is 0 Å². The predicted molar refractivity (Wildman–Crippen MR) is 61.4 cm³/mol. The number of β-amino-alcohol motifs (C(OH)–C–C–N with tert-alkyl or cyclic N) is 1. The number of hydrogen-bond donors (Lipinski definition) is 2. The molecular formula is C11H27NO2. The largest absolute Gasteiger partial charge is 0.393 e. The van der Waals surface area contributed by atoms with Crippen LogP contribution in [0.1, 0.15) is 40.5 Å². The summed E-state index contributed by atoms with van der Waals surface area (Å²) in [5.41, 5.74) is 0. The van der Waals surface area contributed by atoms with Gasteiger partial charge in [-0.05, 0) is 13.5 Å². The number of hydrogen-bond acceptors (Lipinski definition) is 3. The molecule has 0 bridgehead atoms. The molecule has 88 valence electrons. The Kier molecular flexibility index (Phi) is 12.8. The lowest BCUT2D eigenvalue weighted by molar-refractivity contribution is 0.0858. The molecule has 0 aromatic carbocycles. The molecule has 14 heavy (non-hydrogen) atoms. The summed E-state index contributed by atoms with van der Waals surface area (Å²) in [5.74, 6) is 0. The van der Waals surface area contributed by atoms with Crippen molar-refractivity contribution in [3.63, 3.8) is 0 Å². The van der Waals surface area contributed by atoms with Crippen molar-refractivity contribution in [2.45, 2.75) is 52.7 Å². The monoisotopic (exact) mass is 205 g/mol. The molecular weight excluding hydrogens is 178 g/mol. The van der Waals surface area contributed by atoms with E-state index in [-0.39, 0.29) is 12.2 Å². The third kappa shape index (κ3) is 8.48. The Labute approximate surface area is 88.7 Å². The number of nitrogens with zero attached hydrogens (tertiary/aromatic N) is 1. The van der Waals surface area contributed by atoms with Crippen LogP contribution in [0.5, 0.6) is 0 Å². The first-order valence-electron chi connectivity index (χ1n) is 5.73. The Morgan fingerprint density at radius 3 is 2.00 bits per heavy atom. The van der Waals surface area contributed by atoms with E-state index in [0.717, 1.165) is 13.0 Å². The van der Waals surface area contributed by atoms with Crippen molar-refractivity contribution in [1.82, 2.24) is 4.90 Å². The molecule has 2 N–H and O–H groups in total. The number of likely N-dealkylation sites (tertiary alicyclic amines) is 1. The van der Waals surface area contributed by atoms with E-state index < -0.39 is 0 Å². The minimum atomic E-state index is -0.345. The standard InChI is InChI=1S/C7H15NO2.2C2H6/c1-8-3-2-6(9)4-7(10)5-8;2*1-2/h6-7,9-10H,2-5H2,1H3;2*1-2H3. The molecule has 1 fully saturated rings. The summed E-state index contributed by atoms with van der Waals surface area (Å²) in [6, 6.07) is 0. The first kappa shape index (κ1) is 16.3. The number of likely N-dealkylation sites (N-methyl/N-ethyl adjacent to an activating group) is 1. The van der Waals surface area contributed by atoms with E-state index in [2.05, 4.69) is 0 Å². The molecule has 1 saturated heterocycles. The summed E-state index contributed by atoms with van der Waals surface area (Å²) in [6.07, 6.45) is 0.667. The van der Waals surface area contributed by atoms with Gasteiger partial charge >= 0.3 is 0 Å². The van der Waals surface area contributed by atoms with E-state index in [1.165, 1.54) is 0 Å².